The van der Waals surface area contributed by atoms with Gasteiger partial charge in [-0.3, -0.25) is 4.98 Å². The summed E-state index contributed by atoms with van der Waals surface area (Å²) in [7, 11) is -3.28. The lowest BCUT2D eigenvalue weighted by molar-refractivity contribution is 0.514. The van der Waals surface area contributed by atoms with Crippen LogP contribution in [0.15, 0.2) is 24.5 Å². The van der Waals surface area contributed by atoms with Gasteiger partial charge in [-0.15, -0.1) is 11.6 Å². The fraction of sp³-hybridized carbons (Fsp3) is 0.643. The SMILES string of the molecule is O=S(=O)(CCc1ccncc1)NC1CCCCCC1Cl. The lowest BCUT2D eigenvalue weighted by Gasteiger charge is -2.21. The van der Waals surface area contributed by atoms with E-state index < -0.39 is 10.0 Å². The van der Waals surface area contributed by atoms with Gasteiger partial charge in [0.15, 0.2) is 0 Å². The number of nitrogens with zero attached hydrogens (tertiary/aromatic N) is 1. The molecule has 0 aromatic carbocycles. The number of pyridine rings is 1. The summed E-state index contributed by atoms with van der Waals surface area (Å²) in [6.45, 7) is 0. The van der Waals surface area contributed by atoms with Crippen LogP contribution in [0.4, 0.5) is 0 Å². The molecule has 0 radical (unpaired) electrons. The molecule has 2 rings (SSSR count). The normalized spacial score (nSPS) is 24.2. The van der Waals surface area contributed by atoms with Gasteiger partial charge in [0.1, 0.15) is 0 Å². The van der Waals surface area contributed by atoms with Crippen LogP contribution in [0, 0.1) is 0 Å². The van der Waals surface area contributed by atoms with Crippen molar-refractivity contribution in [2.45, 2.75) is 49.9 Å². The van der Waals surface area contributed by atoms with E-state index in [1.54, 1.807) is 12.4 Å². The molecule has 1 aromatic rings. The molecule has 1 N–H and O–H groups in total. The number of hydrogen-bond acceptors (Lipinski definition) is 3. The van der Waals surface area contributed by atoms with Crippen molar-refractivity contribution in [2.75, 3.05) is 5.75 Å². The van der Waals surface area contributed by atoms with E-state index in [-0.39, 0.29) is 17.2 Å². The van der Waals surface area contributed by atoms with Gasteiger partial charge in [0.25, 0.3) is 0 Å². The molecule has 20 heavy (non-hydrogen) atoms. The fourth-order valence-electron chi connectivity index (χ4n) is 2.49. The third-order valence-electron chi connectivity index (χ3n) is 3.67. The number of rotatable bonds is 5. The minimum Gasteiger partial charge on any atom is -0.265 e. The number of hydrogen-bond donors (Lipinski definition) is 1. The Kier molecular flexibility index (Phi) is 5.81. The van der Waals surface area contributed by atoms with E-state index in [0.717, 1.165) is 37.7 Å². The van der Waals surface area contributed by atoms with Gasteiger partial charge < -0.3 is 0 Å². The van der Waals surface area contributed by atoms with Gasteiger partial charge in [-0.25, -0.2) is 13.1 Å². The van der Waals surface area contributed by atoms with Gasteiger partial charge in [-0.2, -0.15) is 0 Å². The molecule has 1 saturated carbocycles. The molecule has 0 bridgehead atoms. The average molecular weight is 317 g/mol. The van der Waals surface area contributed by atoms with Crippen LogP contribution in [0.1, 0.15) is 37.7 Å². The van der Waals surface area contributed by atoms with Crippen LogP contribution in [0.2, 0.25) is 0 Å². The molecule has 0 amide bonds. The molecule has 1 aromatic heterocycles. The van der Waals surface area contributed by atoms with Crippen molar-refractivity contribution < 1.29 is 8.42 Å². The standard InChI is InChI=1S/C14H21ClN2O2S/c15-13-4-2-1-3-5-14(13)17-20(18,19)11-8-12-6-9-16-10-7-12/h6-7,9-10,13-14,17H,1-5,8,11H2. The minimum absolute atomic E-state index is 0.0896. The number of alkyl halides is 1. The van der Waals surface area contributed by atoms with Crippen LogP contribution in [0.25, 0.3) is 0 Å². The summed E-state index contributed by atoms with van der Waals surface area (Å²) in [5.41, 5.74) is 0.980. The predicted molar refractivity (Wildman–Crippen MR) is 81.4 cm³/mol. The first-order chi connectivity index (χ1) is 9.57. The predicted octanol–water partition coefficient (Wildman–Crippen LogP) is 2.48. The summed E-state index contributed by atoms with van der Waals surface area (Å²) in [5, 5.41) is -0.0896. The molecule has 1 aliphatic rings. The lowest BCUT2D eigenvalue weighted by Crippen LogP contribution is -2.41. The molecule has 0 spiro atoms. The van der Waals surface area contributed by atoms with Crippen molar-refractivity contribution in [3.8, 4) is 0 Å². The van der Waals surface area contributed by atoms with Crippen molar-refractivity contribution in [3.05, 3.63) is 30.1 Å². The molecule has 2 unspecified atom stereocenters. The number of aromatic nitrogens is 1. The summed E-state index contributed by atoms with van der Waals surface area (Å²) in [6, 6.07) is 3.55. The van der Waals surface area contributed by atoms with E-state index in [4.69, 9.17) is 11.6 Å². The van der Waals surface area contributed by atoms with Gasteiger partial charge in [-0.1, -0.05) is 19.3 Å². The Morgan fingerprint density at radius 1 is 1.20 bits per heavy atom. The molecule has 1 fully saturated rings. The molecule has 6 heteroatoms. The quantitative estimate of drug-likeness (QED) is 0.670. The van der Waals surface area contributed by atoms with Crippen molar-refractivity contribution in [1.29, 1.82) is 0 Å². The first-order valence-corrected chi connectivity index (χ1v) is 9.19. The zero-order chi connectivity index (χ0) is 14.4. The zero-order valence-electron chi connectivity index (χ0n) is 11.5. The summed E-state index contributed by atoms with van der Waals surface area (Å²) < 4.78 is 27.1. The maximum Gasteiger partial charge on any atom is 0.212 e. The lowest BCUT2D eigenvalue weighted by atomic mass is 10.1. The number of aryl methyl sites for hydroxylation is 1. The summed E-state index contributed by atoms with van der Waals surface area (Å²) >= 11 is 6.28. The second kappa shape index (κ2) is 7.38. The smallest absolute Gasteiger partial charge is 0.212 e. The molecular weight excluding hydrogens is 296 g/mol. The Bertz CT molecular complexity index is 507. The van der Waals surface area contributed by atoms with Gasteiger partial charge >= 0.3 is 0 Å². The van der Waals surface area contributed by atoms with E-state index in [1.165, 1.54) is 0 Å². The highest BCUT2D eigenvalue weighted by molar-refractivity contribution is 7.89. The Morgan fingerprint density at radius 2 is 1.90 bits per heavy atom. The summed E-state index contributed by atoms with van der Waals surface area (Å²) in [4.78, 5) is 3.92. The number of halogens is 1. The Balaban J connectivity index is 1.89. The van der Waals surface area contributed by atoms with Gasteiger partial charge in [0.05, 0.1) is 5.75 Å². The van der Waals surface area contributed by atoms with Crippen LogP contribution < -0.4 is 4.72 Å². The van der Waals surface area contributed by atoms with E-state index in [1.807, 2.05) is 12.1 Å². The third-order valence-corrected chi connectivity index (χ3v) is 5.60. The maximum atomic E-state index is 12.1. The Labute approximate surface area is 126 Å². The Hall–Kier alpha value is -0.650. The van der Waals surface area contributed by atoms with E-state index in [9.17, 15) is 8.42 Å². The number of nitrogens with one attached hydrogen (secondary N) is 1. The molecular formula is C14H21ClN2O2S. The van der Waals surface area contributed by atoms with Crippen LogP contribution >= 0.6 is 11.6 Å². The first-order valence-electron chi connectivity index (χ1n) is 7.10. The van der Waals surface area contributed by atoms with Crippen molar-refractivity contribution >= 4 is 21.6 Å². The topological polar surface area (TPSA) is 59.1 Å². The van der Waals surface area contributed by atoms with E-state index >= 15 is 0 Å². The fourth-order valence-corrected chi connectivity index (χ4v) is 4.27. The summed E-state index contributed by atoms with van der Waals surface area (Å²) in [5.74, 6) is 0.0944. The molecule has 0 saturated heterocycles. The molecule has 1 aliphatic carbocycles. The highest BCUT2D eigenvalue weighted by Gasteiger charge is 2.25. The van der Waals surface area contributed by atoms with Crippen molar-refractivity contribution in [2.24, 2.45) is 0 Å². The molecule has 2 atom stereocenters. The van der Waals surface area contributed by atoms with Crippen LogP contribution in [0.3, 0.4) is 0 Å². The zero-order valence-corrected chi connectivity index (χ0v) is 13.0. The Morgan fingerprint density at radius 3 is 2.65 bits per heavy atom. The molecule has 1 heterocycles. The minimum atomic E-state index is -3.28. The largest absolute Gasteiger partial charge is 0.265 e. The second-order valence-electron chi connectivity index (χ2n) is 5.30. The molecule has 0 aliphatic heterocycles. The van der Waals surface area contributed by atoms with Gasteiger partial charge in [-0.05, 0) is 37.0 Å². The van der Waals surface area contributed by atoms with Crippen LogP contribution in [-0.2, 0) is 16.4 Å². The monoisotopic (exact) mass is 316 g/mol. The third kappa shape index (κ3) is 5.04. The number of sulfonamides is 1. The van der Waals surface area contributed by atoms with E-state index in [0.29, 0.717) is 6.42 Å². The first kappa shape index (κ1) is 15.7. The van der Waals surface area contributed by atoms with Gasteiger partial charge in [0, 0.05) is 23.8 Å². The van der Waals surface area contributed by atoms with Crippen molar-refractivity contribution in [3.63, 3.8) is 0 Å². The van der Waals surface area contributed by atoms with Gasteiger partial charge in [0.2, 0.25) is 10.0 Å². The highest BCUT2D eigenvalue weighted by atomic mass is 35.5. The molecule has 4 nitrogen and oxygen atoms in total. The second-order valence-corrected chi connectivity index (χ2v) is 7.74. The summed E-state index contributed by atoms with van der Waals surface area (Å²) in [6.07, 6.45) is 8.84. The van der Waals surface area contributed by atoms with E-state index in [2.05, 4.69) is 9.71 Å². The maximum absolute atomic E-state index is 12.1. The van der Waals surface area contributed by atoms with Crippen LogP contribution in [-0.4, -0.2) is 30.6 Å². The average Bonchev–Trinajstić information content (AvgIpc) is 2.63. The van der Waals surface area contributed by atoms with Crippen LogP contribution in [0.5, 0.6) is 0 Å². The molecule has 112 valence electrons. The van der Waals surface area contributed by atoms with Crippen molar-refractivity contribution in [1.82, 2.24) is 9.71 Å². The highest BCUT2D eigenvalue weighted by Crippen LogP contribution is 2.22.